The highest BCUT2D eigenvalue weighted by atomic mass is 127. The lowest BCUT2D eigenvalue weighted by atomic mass is 10.1. The van der Waals surface area contributed by atoms with Gasteiger partial charge in [0.15, 0.2) is 0 Å². The molecule has 0 saturated heterocycles. The molecule has 0 bridgehead atoms. The highest BCUT2D eigenvalue weighted by Gasteiger charge is 2.03. The summed E-state index contributed by atoms with van der Waals surface area (Å²) >= 11 is 2.15. The summed E-state index contributed by atoms with van der Waals surface area (Å²) in [5.74, 6) is -0.360. The first-order valence-corrected chi connectivity index (χ1v) is 4.25. The van der Waals surface area contributed by atoms with E-state index in [2.05, 4.69) is 22.6 Å². The molecule has 1 aromatic carbocycles. The standard InChI is InChI=1S/C8H8INO/c1-5-2-3-6(9)4-7(5)8(10)11/h2-4H,1H3,(H2,10,11). The van der Waals surface area contributed by atoms with E-state index < -0.39 is 0 Å². The molecule has 1 amide bonds. The molecule has 3 heteroatoms. The molecule has 0 saturated carbocycles. The van der Waals surface area contributed by atoms with Gasteiger partial charge in [-0.05, 0) is 47.2 Å². The van der Waals surface area contributed by atoms with E-state index in [0.29, 0.717) is 5.56 Å². The first-order chi connectivity index (χ1) is 5.11. The van der Waals surface area contributed by atoms with Crippen LogP contribution in [0.15, 0.2) is 18.2 Å². The lowest BCUT2D eigenvalue weighted by molar-refractivity contribution is 0.0999. The van der Waals surface area contributed by atoms with Gasteiger partial charge in [-0.25, -0.2) is 0 Å². The third-order valence-corrected chi connectivity index (χ3v) is 2.14. The molecule has 1 aromatic rings. The number of halogens is 1. The summed E-state index contributed by atoms with van der Waals surface area (Å²) < 4.78 is 1.03. The smallest absolute Gasteiger partial charge is 0.249 e. The lowest BCUT2D eigenvalue weighted by Gasteiger charge is -2.00. The number of hydrogen-bond donors (Lipinski definition) is 1. The van der Waals surface area contributed by atoms with Crippen LogP contribution in [0, 0.1) is 10.5 Å². The van der Waals surface area contributed by atoms with Gasteiger partial charge in [-0.3, -0.25) is 4.79 Å². The zero-order valence-electron chi connectivity index (χ0n) is 6.10. The average Bonchev–Trinajstić information content (AvgIpc) is 1.94. The van der Waals surface area contributed by atoms with Gasteiger partial charge in [-0.15, -0.1) is 0 Å². The Hall–Kier alpha value is -0.580. The third kappa shape index (κ3) is 1.92. The largest absolute Gasteiger partial charge is 0.366 e. The number of primary amides is 1. The second-order valence-corrected chi connectivity index (χ2v) is 3.57. The molecule has 11 heavy (non-hydrogen) atoms. The van der Waals surface area contributed by atoms with Crippen LogP contribution in [0.5, 0.6) is 0 Å². The topological polar surface area (TPSA) is 43.1 Å². The molecule has 0 aliphatic rings. The number of carbonyl (C=O) groups excluding carboxylic acids is 1. The van der Waals surface area contributed by atoms with Crippen molar-refractivity contribution < 1.29 is 4.79 Å². The molecule has 0 unspecified atom stereocenters. The predicted octanol–water partition coefficient (Wildman–Crippen LogP) is 1.70. The number of benzene rings is 1. The summed E-state index contributed by atoms with van der Waals surface area (Å²) in [6, 6.07) is 5.63. The van der Waals surface area contributed by atoms with Gasteiger partial charge >= 0.3 is 0 Å². The molecule has 1 rings (SSSR count). The van der Waals surface area contributed by atoms with Crippen LogP contribution in [0.2, 0.25) is 0 Å². The van der Waals surface area contributed by atoms with Gasteiger partial charge in [0, 0.05) is 9.13 Å². The number of nitrogens with two attached hydrogens (primary N) is 1. The molecule has 2 N–H and O–H groups in total. The van der Waals surface area contributed by atoms with E-state index in [1.165, 1.54) is 0 Å². The van der Waals surface area contributed by atoms with E-state index in [-0.39, 0.29) is 5.91 Å². The van der Waals surface area contributed by atoms with Crippen molar-refractivity contribution in [2.24, 2.45) is 5.73 Å². The van der Waals surface area contributed by atoms with Crippen LogP contribution in [-0.2, 0) is 0 Å². The third-order valence-electron chi connectivity index (χ3n) is 1.47. The summed E-state index contributed by atoms with van der Waals surface area (Å²) in [5, 5.41) is 0. The normalized spacial score (nSPS) is 9.64. The van der Waals surface area contributed by atoms with Gasteiger partial charge in [0.25, 0.3) is 0 Å². The highest BCUT2D eigenvalue weighted by molar-refractivity contribution is 14.1. The Morgan fingerprint density at radius 3 is 2.64 bits per heavy atom. The van der Waals surface area contributed by atoms with Crippen LogP contribution in [0.4, 0.5) is 0 Å². The van der Waals surface area contributed by atoms with Crippen molar-refractivity contribution in [1.82, 2.24) is 0 Å². The minimum Gasteiger partial charge on any atom is -0.366 e. The molecule has 0 aliphatic heterocycles. The summed E-state index contributed by atoms with van der Waals surface area (Å²) in [5.41, 5.74) is 6.68. The average molecular weight is 261 g/mol. The Morgan fingerprint density at radius 2 is 2.18 bits per heavy atom. The molecule has 0 spiro atoms. The van der Waals surface area contributed by atoms with Gasteiger partial charge < -0.3 is 5.73 Å². The summed E-state index contributed by atoms with van der Waals surface area (Å²) in [4.78, 5) is 10.8. The minimum absolute atomic E-state index is 0.360. The Morgan fingerprint density at radius 1 is 1.55 bits per heavy atom. The predicted molar refractivity (Wildman–Crippen MR) is 52.4 cm³/mol. The SMILES string of the molecule is Cc1ccc(I)cc1C(N)=O. The zero-order chi connectivity index (χ0) is 8.43. The molecule has 0 fully saturated rings. The molecule has 0 radical (unpaired) electrons. The van der Waals surface area contributed by atoms with Gasteiger partial charge in [-0.2, -0.15) is 0 Å². The van der Waals surface area contributed by atoms with Crippen molar-refractivity contribution >= 4 is 28.5 Å². The van der Waals surface area contributed by atoms with E-state index in [9.17, 15) is 4.79 Å². The number of amides is 1. The van der Waals surface area contributed by atoms with Gasteiger partial charge in [0.2, 0.25) is 5.91 Å². The van der Waals surface area contributed by atoms with Crippen molar-refractivity contribution in [1.29, 1.82) is 0 Å². The summed E-state index contributed by atoms with van der Waals surface area (Å²) in [6.45, 7) is 1.87. The quantitative estimate of drug-likeness (QED) is 0.768. The van der Waals surface area contributed by atoms with Crippen LogP contribution in [0.25, 0.3) is 0 Å². The minimum atomic E-state index is -0.360. The maximum absolute atomic E-state index is 10.8. The number of aryl methyl sites for hydroxylation is 1. The Bertz CT molecular complexity index is 296. The number of hydrogen-bond acceptors (Lipinski definition) is 1. The zero-order valence-corrected chi connectivity index (χ0v) is 8.25. The van der Waals surface area contributed by atoms with Gasteiger partial charge in [-0.1, -0.05) is 6.07 Å². The van der Waals surface area contributed by atoms with Gasteiger partial charge in [0.05, 0.1) is 0 Å². The monoisotopic (exact) mass is 261 g/mol. The fourth-order valence-electron chi connectivity index (χ4n) is 0.860. The van der Waals surface area contributed by atoms with Crippen molar-refractivity contribution in [2.45, 2.75) is 6.92 Å². The van der Waals surface area contributed by atoms with Crippen molar-refractivity contribution in [3.05, 3.63) is 32.9 Å². The second kappa shape index (κ2) is 3.21. The molecule has 2 nitrogen and oxygen atoms in total. The maximum atomic E-state index is 10.8. The molecular weight excluding hydrogens is 253 g/mol. The molecule has 58 valence electrons. The van der Waals surface area contributed by atoms with Gasteiger partial charge in [0.1, 0.15) is 0 Å². The molecule has 0 heterocycles. The van der Waals surface area contributed by atoms with Crippen LogP contribution in [0.1, 0.15) is 15.9 Å². The maximum Gasteiger partial charge on any atom is 0.249 e. The molecule has 0 aliphatic carbocycles. The Balaban J connectivity index is 3.23. The molecule has 0 aromatic heterocycles. The van der Waals surface area contributed by atoms with Crippen molar-refractivity contribution in [3.63, 3.8) is 0 Å². The van der Waals surface area contributed by atoms with Crippen molar-refractivity contribution in [2.75, 3.05) is 0 Å². The fourth-order valence-corrected chi connectivity index (χ4v) is 1.35. The summed E-state index contributed by atoms with van der Waals surface area (Å²) in [7, 11) is 0. The van der Waals surface area contributed by atoms with Crippen LogP contribution >= 0.6 is 22.6 Å². The fraction of sp³-hybridized carbons (Fsp3) is 0.125. The summed E-state index contributed by atoms with van der Waals surface area (Å²) in [6.07, 6.45) is 0. The number of rotatable bonds is 1. The first kappa shape index (κ1) is 8.52. The Kier molecular flexibility index (Phi) is 2.49. The lowest BCUT2D eigenvalue weighted by Crippen LogP contribution is -2.12. The van der Waals surface area contributed by atoms with Crippen LogP contribution < -0.4 is 5.73 Å². The Labute approximate surface area is 78.9 Å². The number of carbonyl (C=O) groups is 1. The van der Waals surface area contributed by atoms with E-state index in [1.54, 1.807) is 6.07 Å². The van der Waals surface area contributed by atoms with E-state index in [4.69, 9.17) is 5.73 Å². The van der Waals surface area contributed by atoms with Crippen molar-refractivity contribution in [3.8, 4) is 0 Å². The molecule has 0 atom stereocenters. The second-order valence-electron chi connectivity index (χ2n) is 2.32. The van der Waals surface area contributed by atoms with Crippen LogP contribution in [-0.4, -0.2) is 5.91 Å². The van der Waals surface area contributed by atoms with Crippen LogP contribution in [0.3, 0.4) is 0 Å². The van der Waals surface area contributed by atoms with E-state index in [0.717, 1.165) is 9.13 Å². The molecular formula is C8H8INO. The first-order valence-electron chi connectivity index (χ1n) is 3.17. The highest BCUT2D eigenvalue weighted by Crippen LogP contribution is 2.11. The van der Waals surface area contributed by atoms with E-state index >= 15 is 0 Å². The van der Waals surface area contributed by atoms with E-state index in [1.807, 2.05) is 19.1 Å².